The molecule has 0 N–H and O–H groups in total. The van der Waals surface area contributed by atoms with Crippen molar-refractivity contribution >= 4 is 23.5 Å². The van der Waals surface area contributed by atoms with Gasteiger partial charge in [-0.15, -0.1) is 21.8 Å². The molecular formula is C25H21ClF4N4O2. The van der Waals surface area contributed by atoms with Crippen molar-refractivity contribution in [2.45, 2.75) is 25.7 Å². The third-order valence-electron chi connectivity index (χ3n) is 5.47. The summed E-state index contributed by atoms with van der Waals surface area (Å²) in [5.74, 6) is -5.67. The Morgan fingerprint density at radius 1 is 1.17 bits per heavy atom. The number of aryl methyl sites for hydroxylation is 1. The number of benzene rings is 2. The molecule has 0 spiro atoms. The standard InChI is InChI=1S/C25H21ClF4N4O2/c1-14-12-34(13-31-14)21-6-5-15(9-22(21)35-2)8-20(29)25-33-32-24(36-25)17(4-3-7-26)16-10-18(27)23(30)19(28)11-16/h5-6,8-13,17H,3-4,7H2,1-2H3. The highest BCUT2D eigenvalue weighted by Crippen LogP contribution is 2.33. The minimum atomic E-state index is -1.58. The second-order valence-electron chi connectivity index (χ2n) is 7.97. The lowest BCUT2D eigenvalue weighted by Gasteiger charge is -2.13. The lowest BCUT2D eigenvalue weighted by atomic mass is 9.94. The molecule has 0 bridgehead atoms. The van der Waals surface area contributed by atoms with Gasteiger partial charge in [0.1, 0.15) is 5.75 Å². The van der Waals surface area contributed by atoms with E-state index >= 15 is 4.39 Å². The zero-order valence-corrected chi connectivity index (χ0v) is 20.1. The lowest BCUT2D eigenvalue weighted by molar-refractivity contribution is 0.412. The Morgan fingerprint density at radius 2 is 1.92 bits per heavy atom. The molecule has 0 saturated heterocycles. The van der Waals surface area contributed by atoms with Crippen LogP contribution in [0.2, 0.25) is 0 Å². The van der Waals surface area contributed by atoms with Crippen LogP contribution in [-0.4, -0.2) is 32.7 Å². The predicted molar refractivity (Wildman–Crippen MR) is 126 cm³/mol. The van der Waals surface area contributed by atoms with Crippen LogP contribution in [-0.2, 0) is 0 Å². The van der Waals surface area contributed by atoms with Crippen LogP contribution in [0.3, 0.4) is 0 Å². The van der Waals surface area contributed by atoms with Gasteiger partial charge in [-0.2, -0.15) is 0 Å². The van der Waals surface area contributed by atoms with Gasteiger partial charge in [0, 0.05) is 12.1 Å². The van der Waals surface area contributed by atoms with Crippen LogP contribution in [0.4, 0.5) is 17.6 Å². The van der Waals surface area contributed by atoms with Gasteiger partial charge < -0.3 is 13.7 Å². The van der Waals surface area contributed by atoms with Crippen LogP contribution in [0.15, 0.2) is 47.3 Å². The number of alkyl halides is 1. The first-order chi connectivity index (χ1) is 17.3. The molecule has 11 heteroatoms. The average Bonchev–Trinajstić information content (AvgIpc) is 3.52. The van der Waals surface area contributed by atoms with E-state index in [9.17, 15) is 13.2 Å². The summed E-state index contributed by atoms with van der Waals surface area (Å²) in [6.07, 6.45) is 5.36. The van der Waals surface area contributed by atoms with Gasteiger partial charge in [0.2, 0.25) is 5.89 Å². The van der Waals surface area contributed by atoms with E-state index in [1.54, 1.807) is 29.1 Å². The second kappa shape index (κ2) is 10.9. The molecule has 36 heavy (non-hydrogen) atoms. The quantitative estimate of drug-likeness (QED) is 0.141. The number of methoxy groups -OCH3 is 1. The molecule has 1 atom stereocenters. The Hall–Kier alpha value is -3.66. The Kier molecular flexibility index (Phi) is 7.73. The third-order valence-corrected chi connectivity index (χ3v) is 5.73. The Labute approximate surface area is 209 Å². The molecule has 2 aromatic heterocycles. The molecule has 0 fully saturated rings. The fraction of sp³-hybridized carbons (Fsp3) is 0.240. The van der Waals surface area contributed by atoms with E-state index in [0.717, 1.165) is 23.5 Å². The number of imidazole rings is 1. The van der Waals surface area contributed by atoms with Crippen LogP contribution in [0.5, 0.6) is 5.75 Å². The van der Waals surface area contributed by atoms with Crippen molar-refractivity contribution in [3.05, 3.63) is 88.9 Å². The fourth-order valence-electron chi connectivity index (χ4n) is 3.72. The van der Waals surface area contributed by atoms with Gasteiger partial charge in [0.25, 0.3) is 5.89 Å². The summed E-state index contributed by atoms with van der Waals surface area (Å²) in [4.78, 5) is 4.19. The molecule has 2 aromatic carbocycles. The van der Waals surface area contributed by atoms with E-state index in [-0.39, 0.29) is 23.8 Å². The summed E-state index contributed by atoms with van der Waals surface area (Å²) in [5.41, 5.74) is 2.09. The highest BCUT2D eigenvalue weighted by molar-refractivity contribution is 6.17. The Morgan fingerprint density at radius 3 is 2.56 bits per heavy atom. The van der Waals surface area contributed by atoms with Crippen LogP contribution in [0.1, 0.15) is 47.4 Å². The minimum Gasteiger partial charge on any atom is -0.495 e. The smallest absolute Gasteiger partial charge is 0.276 e. The highest BCUT2D eigenvalue weighted by Gasteiger charge is 2.25. The molecule has 0 amide bonds. The Bertz CT molecular complexity index is 1380. The number of hydrogen-bond donors (Lipinski definition) is 0. The van der Waals surface area contributed by atoms with Gasteiger partial charge in [-0.1, -0.05) is 6.07 Å². The van der Waals surface area contributed by atoms with Gasteiger partial charge >= 0.3 is 0 Å². The fourth-order valence-corrected chi connectivity index (χ4v) is 3.87. The summed E-state index contributed by atoms with van der Waals surface area (Å²) in [6.45, 7) is 1.86. The first-order valence-electron chi connectivity index (χ1n) is 10.9. The minimum absolute atomic E-state index is 0.0752. The van der Waals surface area contributed by atoms with Crippen LogP contribution >= 0.6 is 11.6 Å². The summed E-state index contributed by atoms with van der Waals surface area (Å²) in [7, 11) is 1.50. The lowest BCUT2D eigenvalue weighted by Crippen LogP contribution is -2.05. The van der Waals surface area contributed by atoms with E-state index < -0.39 is 35.1 Å². The first-order valence-corrected chi connectivity index (χ1v) is 11.4. The van der Waals surface area contributed by atoms with E-state index in [4.69, 9.17) is 20.8 Å². The van der Waals surface area contributed by atoms with Crippen molar-refractivity contribution in [3.63, 3.8) is 0 Å². The zero-order chi connectivity index (χ0) is 25.8. The molecule has 0 radical (unpaired) electrons. The maximum atomic E-state index is 15.0. The molecule has 188 valence electrons. The summed E-state index contributed by atoms with van der Waals surface area (Å²) in [6, 6.07) is 6.76. The van der Waals surface area contributed by atoms with Crippen molar-refractivity contribution < 1.29 is 26.7 Å². The molecule has 1 unspecified atom stereocenters. The van der Waals surface area contributed by atoms with Gasteiger partial charge in [0.15, 0.2) is 23.3 Å². The van der Waals surface area contributed by atoms with Gasteiger partial charge in [-0.25, -0.2) is 22.5 Å². The zero-order valence-electron chi connectivity index (χ0n) is 19.3. The maximum Gasteiger partial charge on any atom is 0.276 e. The van der Waals surface area contributed by atoms with Crippen LogP contribution in [0, 0.1) is 24.4 Å². The van der Waals surface area contributed by atoms with Crippen LogP contribution in [0.25, 0.3) is 17.6 Å². The van der Waals surface area contributed by atoms with E-state index in [1.807, 2.05) is 13.1 Å². The van der Waals surface area contributed by atoms with Gasteiger partial charge in [-0.05, 0) is 61.2 Å². The molecule has 4 aromatic rings. The number of rotatable bonds is 9. The first kappa shape index (κ1) is 25.4. The van der Waals surface area contributed by atoms with Gasteiger partial charge in [0.05, 0.1) is 30.7 Å². The van der Waals surface area contributed by atoms with Crippen molar-refractivity contribution in [2.75, 3.05) is 13.0 Å². The number of halogens is 5. The van der Waals surface area contributed by atoms with Crippen molar-refractivity contribution in [3.8, 4) is 11.4 Å². The molecule has 0 aliphatic carbocycles. The van der Waals surface area contributed by atoms with Crippen LogP contribution < -0.4 is 4.74 Å². The summed E-state index contributed by atoms with van der Waals surface area (Å²) >= 11 is 5.77. The predicted octanol–water partition coefficient (Wildman–Crippen LogP) is 6.61. The molecule has 4 rings (SSSR count). The monoisotopic (exact) mass is 520 g/mol. The number of ether oxygens (including phenoxy) is 1. The number of hydrogen-bond acceptors (Lipinski definition) is 5. The molecule has 2 heterocycles. The second-order valence-corrected chi connectivity index (χ2v) is 8.35. The SMILES string of the molecule is COc1cc(C=C(F)c2nnc(C(CCCCl)c3cc(F)c(F)c(F)c3)o2)ccc1-n1cnc(C)c1. The maximum absolute atomic E-state index is 15.0. The largest absolute Gasteiger partial charge is 0.495 e. The highest BCUT2D eigenvalue weighted by atomic mass is 35.5. The normalized spacial score (nSPS) is 12.7. The molecule has 0 aliphatic heterocycles. The number of aromatic nitrogens is 4. The number of nitrogens with zero attached hydrogens (tertiary/aromatic N) is 4. The summed E-state index contributed by atoms with van der Waals surface area (Å²) < 4.78 is 68.8. The van der Waals surface area contributed by atoms with Crippen molar-refractivity contribution in [1.82, 2.24) is 19.7 Å². The third kappa shape index (κ3) is 5.43. The molecule has 0 aliphatic rings. The Balaban J connectivity index is 1.63. The molecule has 6 nitrogen and oxygen atoms in total. The van der Waals surface area contributed by atoms with E-state index in [0.29, 0.717) is 17.7 Å². The van der Waals surface area contributed by atoms with E-state index in [2.05, 4.69) is 15.2 Å². The van der Waals surface area contributed by atoms with Crippen molar-refractivity contribution in [2.24, 2.45) is 0 Å². The summed E-state index contributed by atoms with van der Waals surface area (Å²) in [5, 5.41) is 7.61. The molecule has 0 saturated carbocycles. The van der Waals surface area contributed by atoms with E-state index in [1.165, 1.54) is 13.2 Å². The molecular weight excluding hydrogens is 500 g/mol. The average molecular weight is 521 g/mol. The van der Waals surface area contributed by atoms with Gasteiger partial charge in [-0.3, -0.25) is 0 Å². The topological polar surface area (TPSA) is 66.0 Å². The van der Waals surface area contributed by atoms with Crippen molar-refractivity contribution in [1.29, 1.82) is 0 Å².